The van der Waals surface area contributed by atoms with Gasteiger partial charge in [-0.2, -0.15) is 8.42 Å². The van der Waals surface area contributed by atoms with E-state index < -0.39 is 45.8 Å². The van der Waals surface area contributed by atoms with Gasteiger partial charge in [-0.15, -0.1) is 0 Å². The van der Waals surface area contributed by atoms with Crippen LogP contribution >= 0.6 is 0 Å². The van der Waals surface area contributed by atoms with Gasteiger partial charge in [-0.1, -0.05) is 34.6 Å². The number of hydrogen-bond donors (Lipinski definition) is 4. The summed E-state index contributed by atoms with van der Waals surface area (Å²) in [6, 6.07) is 5.21. The van der Waals surface area contributed by atoms with Gasteiger partial charge >= 0.3 is 22.2 Å². The van der Waals surface area contributed by atoms with Crippen LogP contribution in [0.3, 0.4) is 0 Å². The van der Waals surface area contributed by atoms with Crippen molar-refractivity contribution in [3.63, 3.8) is 0 Å². The number of amides is 2. The highest BCUT2D eigenvalue weighted by atomic mass is 32.2. The molecule has 222 valence electrons. The summed E-state index contributed by atoms with van der Waals surface area (Å²) in [5, 5.41) is 20.4. The molecule has 1 aromatic heterocycles. The van der Waals surface area contributed by atoms with Gasteiger partial charge in [0, 0.05) is 18.5 Å². The molecule has 2 aromatic rings. The van der Waals surface area contributed by atoms with Crippen LogP contribution in [-0.2, 0) is 33.5 Å². The Kier molecular flexibility index (Phi) is 9.49. The van der Waals surface area contributed by atoms with Crippen LogP contribution in [0.2, 0.25) is 0 Å². The fraction of sp³-hybridized carbons (Fsp3) is 0.440. The summed E-state index contributed by atoms with van der Waals surface area (Å²) in [5.74, 6) is -1.93. The van der Waals surface area contributed by atoms with Crippen LogP contribution in [0.25, 0.3) is 0 Å². The first-order valence-corrected chi connectivity index (χ1v) is 13.8. The van der Waals surface area contributed by atoms with E-state index in [1.165, 1.54) is 13.8 Å². The van der Waals surface area contributed by atoms with Crippen molar-refractivity contribution >= 4 is 39.6 Å². The van der Waals surface area contributed by atoms with Crippen molar-refractivity contribution in [3.8, 4) is 0 Å². The molecule has 0 fully saturated rings. The fourth-order valence-corrected chi connectivity index (χ4v) is 4.86. The van der Waals surface area contributed by atoms with Gasteiger partial charge in [0.15, 0.2) is 10.7 Å². The van der Waals surface area contributed by atoms with Crippen LogP contribution in [-0.4, -0.2) is 67.4 Å². The molecule has 0 radical (unpaired) electrons. The molecule has 1 aliphatic heterocycles. The summed E-state index contributed by atoms with van der Waals surface area (Å²) in [6.07, 6.45) is -1.11. The highest BCUT2D eigenvalue weighted by Crippen LogP contribution is 2.22. The third-order valence-electron chi connectivity index (χ3n) is 5.51. The molecule has 16 heteroatoms. The average molecular weight is 593 g/mol. The Morgan fingerprint density at radius 3 is 2.44 bits per heavy atom. The van der Waals surface area contributed by atoms with Gasteiger partial charge in [-0.25, -0.2) is 9.59 Å². The van der Waals surface area contributed by atoms with E-state index >= 15 is 0 Å². The molecule has 0 saturated heterocycles. The number of aryl methyl sites for hydroxylation is 2. The maximum atomic E-state index is 12.4. The predicted octanol–water partition coefficient (Wildman–Crippen LogP) is 1.40. The number of nitrogens with zero attached hydrogens (tertiary/aromatic N) is 2. The number of benzene rings is 1. The van der Waals surface area contributed by atoms with E-state index in [9.17, 15) is 22.8 Å². The zero-order valence-corrected chi connectivity index (χ0v) is 24.0. The number of aromatic nitrogens is 1. The smallest absolute Gasteiger partial charge is 0.413 e. The van der Waals surface area contributed by atoms with E-state index in [1.807, 2.05) is 0 Å². The molecule has 5 N–H and O–H groups in total. The molecule has 2 amide bonds. The summed E-state index contributed by atoms with van der Waals surface area (Å²) >= 11 is 0. The van der Waals surface area contributed by atoms with Crippen LogP contribution in [0.4, 0.5) is 4.79 Å². The second kappa shape index (κ2) is 12.5. The summed E-state index contributed by atoms with van der Waals surface area (Å²) in [7, 11) is -4.50. The number of oxime groups is 1. The number of nitrogens with one attached hydrogen (secondary N) is 3. The first kappa shape index (κ1) is 31.2. The number of alkyl carbamates (subject to hydrolysis) is 1. The highest BCUT2D eigenvalue weighted by molar-refractivity contribution is 7.87. The minimum absolute atomic E-state index is 0.0287. The molecule has 41 heavy (non-hydrogen) atoms. The van der Waals surface area contributed by atoms with Crippen molar-refractivity contribution in [1.82, 2.24) is 15.8 Å². The second-order valence-corrected chi connectivity index (χ2v) is 11.7. The quantitative estimate of drug-likeness (QED) is 0.185. The number of carbonyl (C=O) groups excluding carboxylic acids is 3. The van der Waals surface area contributed by atoms with Crippen molar-refractivity contribution in [3.05, 3.63) is 46.8 Å². The Balaban J connectivity index is 1.44. The lowest BCUT2D eigenvalue weighted by molar-refractivity contribution is -0.135. The lowest BCUT2D eigenvalue weighted by Gasteiger charge is -2.19. The third kappa shape index (κ3) is 8.59. The van der Waals surface area contributed by atoms with E-state index in [1.54, 1.807) is 45.0 Å². The normalized spacial score (nSPS) is 15.8. The monoisotopic (exact) mass is 592 g/mol. The summed E-state index contributed by atoms with van der Waals surface area (Å²) < 4.78 is 39.2. The van der Waals surface area contributed by atoms with Gasteiger partial charge in [-0.3, -0.25) is 15.5 Å². The Morgan fingerprint density at radius 2 is 1.85 bits per heavy atom. The Morgan fingerprint density at radius 1 is 1.20 bits per heavy atom. The number of carbonyl (C=O) groups is 3. The Labute approximate surface area is 236 Å². The number of nitrogens with two attached hydrogens (primary N) is 1. The largest absolute Gasteiger partial charge is 0.444 e. The third-order valence-corrected chi connectivity index (χ3v) is 6.98. The van der Waals surface area contributed by atoms with Crippen molar-refractivity contribution in [2.45, 2.75) is 70.1 Å². The number of amidine groups is 1. The average Bonchev–Trinajstić information content (AvgIpc) is 3.47. The summed E-state index contributed by atoms with van der Waals surface area (Å²) in [4.78, 5) is 41.4. The molecular formula is C25H32N6O9S. The number of rotatable bonds is 9. The Hall–Kier alpha value is -4.31. The van der Waals surface area contributed by atoms with E-state index in [0.29, 0.717) is 23.3 Å². The second-order valence-electron chi connectivity index (χ2n) is 10.2. The van der Waals surface area contributed by atoms with Gasteiger partial charge in [0.25, 0.3) is 0 Å². The van der Waals surface area contributed by atoms with E-state index in [4.69, 9.17) is 25.2 Å². The lowest BCUT2D eigenvalue weighted by atomic mass is 10.0. The van der Waals surface area contributed by atoms with Crippen LogP contribution in [0.1, 0.15) is 56.2 Å². The molecular weight excluding hydrogens is 560 g/mol. The maximum absolute atomic E-state index is 12.4. The summed E-state index contributed by atoms with van der Waals surface area (Å²) in [6.45, 7) is 7.52. The highest BCUT2D eigenvalue weighted by Gasteiger charge is 2.31. The summed E-state index contributed by atoms with van der Waals surface area (Å²) in [5.41, 5.74) is 6.76. The maximum Gasteiger partial charge on any atom is 0.413 e. The number of ether oxygens (including phenoxy) is 1. The molecule has 0 bridgehead atoms. The van der Waals surface area contributed by atoms with Gasteiger partial charge in [0.1, 0.15) is 29.3 Å². The van der Waals surface area contributed by atoms with Crippen molar-refractivity contribution in [2.24, 2.45) is 10.9 Å². The fourth-order valence-electron chi connectivity index (χ4n) is 3.64. The minimum atomic E-state index is -4.50. The van der Waals surface area contributed by atoms with Crippen LogP contribution in [0.5, 0.6) is 0 Å². The van der Waals surface area contributed by atoms with E-state index in [-0.39, 0.29) is 35.2 Å². The molecule has 0 saturated carbocycles. The van der Waals surface area contributed by atoms with Gasteiger partial charge < -0.3 is 29.3 Å². The van der Waals surface area contributed by atoms with Gasteiger partial charge in [-0.05, 0) is 40.2 Å². The zero-order valence-electron chi connectivity index (χ0n) is 23.1. The molecule has 0 spiro atoms. The molecule has 15 nitrogen and oxygen atoms in total. The van der Waals surface area contributed by atoms with Crippen molar-refractivity contribution in [1.29, 1.82) is 5.41 Å². The van der Waals surface area contributed by atoms with Gasteiger partial charge in [0.05, 0.1) is 12.1 Å². The molecule has 0 aliphatic carbocycles. The number of hydrogen-bond acceptors (Lipinski definition) is 13. The van der Waals surface area contributed by atoms with Crippen LogP contribution in [0.15, 0.2) is 38.8 Å². The standard InChI is InChI=1S/C25H32N6O9S/c1-13-21(14(2)38-30-13)41(35,36)40-23(33)18(26)12-28-20(32)11-17-10-19(31-39-17)15-6-8-16(9-7-15)22(27)29-24(34)37-25(3,4)5/h6-9,17-18H,10-12,26H2,1-5H3,(H,28,32)(H2,27,29,34)/t17-,18+/m1/s1. The molecule has 3 rings (SSSR count). The van der Waals surface area contributed by atoms with Gasteiger partial charge in [0.2, 0.25) is 5.91 Å². The van der Waals surface area contributed by atoms with Crippen molar-refractivity contribution in [2.75, 3.05) is 6.54 Å². The van der Waals surface area contributed by atoms with E-state index in [2.05, 4.69) is 25.1 Å². The molecule has 2 heterocycles. The first-order valence-electron chi connectivity index (χ1n) is 12.4. The Bertz CT molecular complexity index is 1440. The predicted molar refractivity (Wildman–Crippen MR) is 144 cm³/mol. The molecule has 0 unspecified atom stereocenters. The molecule has 1 aliphatic rings. The SMILES string of the molecule is Cc1noc(C)c1S(=O)(=O)OC(=O)[C@@H](N)CNC(=O)C[C@H]1CC(c2ccc(C(=N)NC(=O)OC(C)(C)C)cc2)=NO1. The molecule has 2 atom stereocenters. The van der Waals surface area contributed by atoms with Crippen LogP contribution < -0.4 is 16.4 Å². The topological polar surface area (TPSA) is 225 Å². The zero-order chi connectivity index (χ0) is 30.5. The first-order chi connectivity index (χ1) is 19.1. The van der Waals surface area contributed by atoms with Crippen molar-refractivity contribution < 1.29 is 41.1 Å². The van der Waals surface area contributed by atoms with E-state index in [0.717, 1.165) is 0 Å². The lowest BCUT2D eigenvalue weighted by Crippen LogP contribution is -2.44. The molecule has 1 aromatic carbocycles. The van der Waals surface area contributed by atoms with Crippen LogP contribution in [0, 0.1) is 19.3 Å². The minimum Gasteiger partial charge on any atom is -0.444 e.